The maximum atomic E-state index is 11.3. The van der Waals surface area contributed by atoms with E-state index < -0.39 is 6.09 Å². The molecular formula is C19H23N7O4. The summed E-state index contributed by atoms with van der Waals surface area (Å²) in [5.41, 5.74) is 1.85. The van der Waals surface area contributed by atoms with Gasteiger partial charge in [0.1, 0.15) is 11.6 Å². The molecule has 0 aromatic carbocycles. The van der Waals surface area contributed by atoms with Gasteiger partial charge in [-0.05, 0) is 0 Å². The molecule has 1 atom stereocenters. The summed E-state index contributed by atoms with van der Waals surface area (Å²) in [6, 6.07) is 0.293. The number of aromatic nitrogens is 4. The summed E-state index contributed by atoms with van der Waals surface area (Å²) in [4.78, 5) is 34.1. The second kappa shape index (κ2) is 8.00. The van der Waals surface area contributed by atoms with E-state index in [4.69, 9.17) is 19.4 Å². The third-order valence-electron chi connectivity index (χ3n) is 5.52. The van der Waals surface area contributed by atoms with Gasteiger partial charge in [0.2, 0.25) is 5.95 Å². The van der Waals surface area contributed by atoms with Crippen molar-refractivity contribution in [2.75, 3.05) is 68.3 Å². The standard InChI is InChI=1S/C19H23N7O4/c1-28-19(27)24-18-20-9-12(10-21-18)15-22-16(25-2-5-29-6-3-25)14-8-13-11-30-7-4-26(13)17(14)23-15/h9-10,13H,2-8,11H2,1H3,(H,20,21,24,27). The molecule has 30 heavy (non-hydrogen) atoms. The quantitative estimate of drug-likeness (QED) is 0.771. The molecule has 11 heteroatoms. The van der Waals surface area contributed by atoms with E-state index >= 15 is 0 Å². The highest BCUT2D eigenvalue weighted by atomic mass is 16.5. The molecule has 3 aliphatic rings. The summed E-state index contributed by atoms with van der Waals surface area (Å²) in [6.07, 6.45) is 3.47. The van der Waals surface area contributed by atoms with E-state index in [0.717, 1.165) is 37.7 Å². The summed E-state index contributed by atoms with van der Waals surface area (Å²) >= 11 is 0. The average Bonchev–Trinajstić information content (AvgIpc) is 3.18. The molecule has 1 unspecified atom stereocenters. The number of nitrogens with zero attached hydrogens (tertiary/aromatic N) is 6. The lowest BCUT2D eigenvalue weighted by atomic mass is 10.1. The first-order valence-corrected chi connectivity index (χ1v) is 9.98. The number of carbonyl (C=O) groups excluding carboxylic acids is 1. The molecule has 1 N–H and O–H groups in total. The maximum Gasteiger partial charge on any atom is 0.413 e. The van der Waals surface area contributed by atoms with Gasteiger partial charge in [-0.25, -0.2) is 24.7 Å². The fourth-order valence-corrected chi connectivity index (χ4v) is 4.04. The number of methoxy groups -OCH3 is 1. The Kier molecular flexibility index (Phi) is 5.05. The van der Waals surface area contributed by atoms with Crippen molar-refractivity contribution in [1.82, 2.24) is 19.9 Å². The zero-order chi connectivity index (χ0) is 20.5. The number of morpholine rings is 2. The van der Waals surface area contributed by atoms with Crippen molar-refractivity contribution in [1.29, 1.82) is 0 Å². The lowest BCUT2D eigenvalue weighted by Gasteiger charge is -2.31. The molecule has 0 bridgehead atoms. The molecule has 2 aromatic rings. The smallest absolute Gasteiger partial charge is 0.413 e. The molecule has 0 spiro atoms. The van der Waals surface area contributed by atoms with E-state index in [2.05, 4.69) is 29.8 Å². The van der Waals surface area contributed by atoms with Crippen LogP contribution in [0.25, 0.3) is 11.4 Å². The van der Waals surface area contributed by atoms with Gasteiger partial charge in [0, 0.05) is 44.0 Å². The first-order chi connectivity index (χ1) is 14.7. The van der Waals surface area contributed by atoms with Crippen LogP contribution in [0.4, 0.5) is 22.4 Å². The minimum Gasteiger partial charge on any atom is -0.453 e. The van der Waals surface area contributed by atoms with Crippen LogP contribution in [-0.2, 0) is 20.6 Å². The number of anilines is 3. The molecule has 1 amide bonds. The highest BCUT2D eigenvalue weighted by Gasteiger charge is 2.37. The van der Waals surface area contributed by atoms with Crippen LogP contribution in [0.1, 0.15) is 5.56 Å². The van der Waals surface area contributed by atoms with Crippen molar-refractivity contribution < 1.29 is 19.0 Å². The fourth-order valence-electron chi connectivity index (χ4n) is 4.04. The molecule has 5 heterocycles. The third kappa shape index (κ3) is 3.50. The molecule has 2 aromatic heterocycles. The second-order valence-electron chi connectivity index (χ2n) is 7.31. The Balaban J connectivity index is 1.52. The number of fused-ring (bicyclic) bond motifs is 3. The zero-order valence-electron chi connectivity index (χ0n) is 16.7. The van der Waals surface area contributed by atoms with Crippen molar-refractivity contribution in [3.05, 3.63) is 18.0 Å². The molecule has 3 aliphatic heterocycles. The Labute approximate surface area is 173 Å². The van der Waals surface area contributed by atoms with E-state index in [9.17, 15) is 4.79 Å². The monoisotopic (exact) mass is 413 g/mol. The van der Waals surface area contributed by atoms with E-state index in [-0.39, 0.29) is 5.95 Å². The van der Waals surface area contributed by atoms with Crippen molar-refractivity contribution in [2.24, 2.45) is 0 Å². The Morgan fingerprint density at radius 1 is 1.10 bits per heavy atom. The van der Waals surface area contributed by atoms with Crippen LogP contribution in [0.3, 0.4) is 0 Å². The summed E-state index contributed by atoms with van der Waals surface area (Å²) in [6.45, 7) is 5.16. The average molecular weight is 413 g/mol. The number of amides is 1. The summed E-state index contributed by atoms with van der Waals surface area (Å²) in [7, 11) is 1.29. The lowest BCUT2D eigenvalue weighted by molar-refractivity contribution is 0.0973. The van der Waals surface area contributed by atoms with E-state index in [1.807, 2.05) is 0 Å². The van der Waals surface area contributed by atoms with Crippen LogP contribution < -0.4 is 15.1 Å². The molecule has 158 valence electrons. The highest BCUT2D eigenvalue weighted by Crippen LogP contribution is 2.39. The molecule has 0 aliphatic carbocycles. The first kappa shape index (κ1) is 18.9. The number of rotatable bonds is 3. The van der Waals surface area contributed by atoms with Crippen LogP contribution in [0.15, 0.2) is 12.4 Å². The van der Waals surface area contributed by atoms with Gasteiger partial charge in [-0.1, -0.05) is 0 Å². The van der Waals surface area contributed by atoms with Gasteiger partial charge in [0.25, 0.3) is 0 Å². The SMILES string of the molecule is COC(=O)Nc1ncc(-c2nc(N3CCOCC3)c3c(n2)N2CCOCC2C3)cn1. The van der Waals surface area contributed by atoms with Crippen LogP contribution in [-0.4, -0.2) is 85.2 Å². The Hall–Kier alpha value is -3.05. The zero-order valence-corrected chi connectivity index (χ0v) is 16.7. The molecule has 2 fully saturated rings. The van der Waals surface area contributed by atoms with Gasteiger partial charge in [0.15, 0.2) is 5.82 Å². The molecule has 11 nitrogen and oxygen atoms in total. The van der Waals surface area contributed by atoms with Crippen molar-refractivity contribution >= 4 is 23.7 Å². The van der Waals surface area contributed by atoms with Crippen LogP contribution in [0, 0.1) is 0 Å². The molecular weight excluding hydrogens is 390 g/mol. The Morgan fingerprint density at radius 3 is 2.60 bits per heavy atom. The normalized spacial score (nSPS) is 20.5. The predicted octanol–water partition coefficient (Wildman–Crippen LogP) is 0.710. The van der Waals surface area contributed by atoms with E-state index in [1.165, 1.54) is 12.7 Å². The molecule has 0 radical (unpaired) electrons. The van der Waals surface area contributed by atoms with Crippen LogP contribution in [0.5, 0.6) is 0 Å². The summed E-state index contributed by atoms with van der Waals surface area (Å²) < 4.78 is 15.8. The van der Waals surface area contributed by atoms with Crippen molar-refractivity contribution in [3.8, 4) is 11.4 Å². The number of carbonyl (C=O) groups is 1. The van der Waals surface area contributed by atoms with Crippen LogP contribution in [0.2, 0.25) is 0 Å². The predicted molar refractivity (Wildman–Crippen MR) is 108 cm³/mol. The Morgan fingerprint density at radius 2 is 1.83 bits per heavy atom. The second-order valence-corrected chi connectivity index (χ2v) is 7.31. The molecule has 0 saturated carbocycles. The maximum absolute atomic E-state index is 11.3. The minimum absolute atomic E-state index is 0.161. The van der Waals surface area contributed by atoms with Gasteiger partial charge in [-0.3, -0.25) is 5.32 Å². The third-order valence-corrected chi connectivity index (χ3v) is 5.52. The van der Waals surface area contributed by atoms with Gasteiger partial charge in [0.05, 0.1) is 45.1 Å². The topological polar surface area (TPSA) is 115 Å². The minimum atomic E-state index is -0.621. The highest BCUT2D eigenvalue weighted by molar-refractivity contribution is 5.82. The van der Waals surface area contributed by atoms with Gasteiger partial charge >= 0.3 is 6.09 Å². The molecule has 5 rings (SSSR count). The number of ether oxygens (including phenoxy) is 3. The van der Waals surface area contributed by atoms with E-state index in [1.54, 1.807) is 12.4 Å². The molecule has 2 saturated heterocycles. The Bertz CT molecular complexity index is 933. The van der Waals surface area contributed by atoms with Crippen molar-refractivity contribution in [2.45, 2.75) is 12.5 Å². The van der Waals surface area contributed by atoms with Crippen molar-refractivity contribution in [3.63, 3.8) is 0 Å². The van der Waals surface area contributed by atoms with Gasteiger partial charge in [-0.2, -0.15) is 0 Å². The van der Waals surface area contributed by atoms with Gasteiger partial charge in [-0.15, -0.1) is 0 Å². The lowest BCUT2D eigenvalue weighted by Crippen LogP contribution is -2.43. The summed E-state index contributed by atoms with van der Waals surface area (Å²) in [5, 5.41) is 2.44. The number of nitrogens with one attached hydrogen (secondary N) is 1. The van der Waals surface area contributed by atoms with Gasteiger partial charge < -0.3 is 24.0 Å². The summed E-state index contributed by atoms with van der Waals surface area (Å²) in [5.74, 6) is 2.64. The largest absolute Gasteiger partial charge is 0.453 e. The first-order valence-electron chi connectivity index (χ1n) is 9.98. The van der Waals surface area contributed by atoms with E-state index in [0.29, 0.717) is 43.9 Å². The van der Waals surface area contributed by atoms with Crippen LogP contribution >= 0.6 is 0 Å². The number of hydrogen-bond acceptors (Lipinski definition) is 10. The number of hydrogen-bond donors (Lipinski definition) is 1. The fraction of sp³-hybridized carbons (Fsp3) is 0.526.